The van der Waals surface area contributed by atoms with Gasteiger partial charge in [-0.15, -0.1) is 6.58 Å². The van der Waals surface area contributed by atoms with Gasteiger partial charge in [0.05, 0.1) is 11.7 Å². The van der Waals surface area contributed by atoms with Crippen LogP contribution in [0.3, 0.4) is 0 Å². The third kappa shape index (κ3) is 4.44. The topological polar surface area (TPSA) is 101 Å². The van der Waals surface area contributed by atoms with Gasteiger partial charge in [-0.3, -0.25) is 14.5 Å². The van der Waals surface area contributed by atoms with Crippen molar-refractivity contribution in [3.05, 3.63) is 77.1 Å². The van der Waals surface area contributed by atoms with Crippen LogP contribution in [0.15, 0.2) is 70.2 Å². The first-order valence-corrected chi connectivity index (χ1v) is 9.98. The number of nitriles is 1. The van der Waals surface area contributed by atoms with Crippen molar-refractivity contribution >= 4 is 23.9 Å². The number of rotatable bonds is 6. The Morgan fingerprint density at radius 1 is 1.19 bits per heavy atom. The molecule has 7 heteroatoms. The van der Waals surface area contributed by atoms with E-state index in [2.05, 4.69) is 6.58 Å². The molecular formula is C25H22N2O5. The molecule has 0 spiro atoms. The number of carbonyl (C=O) groups is 3. The Hall–Kier alpha value is -4.18. The minimum atomic E-state index is -0.636. The fraction of sp³-hybridized carbons (Fsp3) is 0.200. The summed E-state index contributed by atoms with van der Waals surface area (Å²) < 4.78 is 11.0. The van der Waals surface area contributed by atoms with Gasteiger partial charge in [-0.1, -0.05) is 18.2 Å². The molecule has 0 saturated carbocycles. The van der Waals surface area contributed by atoms with Crippen molar-refractivity contribution in [3.63, 3.8) is 0 Å². The Labute approximate surface area is 185 Å². The van der Waals surface area contributed by atoms with Crippen LogP contribution in [0.5, 0.6) is 0 Å². The lowest BCUT2D eigenvalue weighted by atomic mass is 9.94. The molecule has 0 bridgehead atoms. The number of hydrogen-bond acceptors (Lipinski definition) is 6. The van der Waals surface area contributed by atoms with Gasteiger partial charge in [-0.05, 0) is 56.7 Å². The van der Waals surface area contributed by atoms with Crippen LogP contribution in [-0.2, 0) is 14.3 Å². The van der Waals surface area contributed by atoms with Crippen LogP contribution >= 0.6 is 0 Å². The van der Waals surface area contributed by atoms with E-state index in [1.165, 1.54) is 12.2 Å². The highest BCUT2D eigenvalue weighted by Crippen LogP contribution is 2.29. The number of hydrogen-bond donors (Lipinski definition) is 0. The molecule has 0 N–H and O–H groups in total. The first-order valence-electron chi connectivity index (χ1n) is 9.98. The van der Waals surface area contributed by atoms with Crippen LogP contribution in [-0.4, -0.2) is 35.3 Å². The van der Waals surface area contributed by atoms with Crippen molar-refractivity contribution in [3.8, 4) is 17.4 Å². The van der Waals surface area contributed by atoms with Crippen LogP contribution in [0.1, 0.15) is 36.9 Å². The van der Waals surface area contributed by atoms with Crippen molar-refractivity contribution < 1.29 is 23.5 Å². The zero-order chi connectivity index (χ0) is 23.4. The van der Waals surface area contributed by atoms with Crippen molar-refractivity contribution in [1.82, 2.24) is 4.90 Å². The van der Waals surface area contributed by atoms with E-state index in [4.69, 9.17) is 9.15 Å². The maximum atomic E-state index is 12.8. The molecule has 32 heavy (non-hydrogen) atoms. The molecule has 2 aromatic rings. The largest absolute Gasteiger partial charge is 0.459 e. The fourth-order valence-corrected chi connectivity index (χ4v) is 3.21. The Bertz CT molecular complexity index is 1190. The second-order valence-electron chi connectivity index (χ2n) is 7.41. The Kier molecular flexibility index (Phi) is 6.55. The molecule has 2 heterocycles. The Morgan fingerprint density at radius 2 is 1.88 bits per heavy atom. The molecule has 0 saturated heterocycles. The number of carbonyl (C=O) groups excluding carboxylic acids is 3. The molecule has 7 nitrogen and oxygen atoms in total. The second-order valence-corrected chi connectivity index (χ2v) is 7.41. The fourth-order valence-electron chi connectivity index (χ4n) is 3.21. The lowest BCUT2D eigenvalue weighted by Crippen LogP contribution is -2.42. The van der Waals surface area contributed by atoms with Gasteiger partial charge in [0.1, 0.15) is 23.2 Å². The molecule has 1 aliphatic heterocycles. The van der Waals surface area contributed by atoms with Crippen molar-refractivity contribution in [2.24, 2.45) is 0 Å². The lowest BCUT2D eigenvalue weighted by Gasteiger charge is -2.26. The number of ether oxygens (including phenoxy) is 1. The quantitative estimate of drug-likeness (QED) is 0.293. The average Bonchev–Trinajstić information content (AvgIpc) is 3.23. The van der Waals surface area contributed by atoms with E-state index in [0.717, 1.165) is 10.5 Å². The standard InChI is InChI=1S/C25H22N2O5/c1-5-12-27-23(28)20(16(4)21(14-26)24(27)29)13-19-10-11-22(32-19)17-6-8-18(9-7-17)25(30)31-15(2)3/h5-11,13,15H,1,12H2,2-4H3/b20-13+. The number of imide groups is 1. The Balaban J connectivity index is 1.91. The zero-order valence-electron chi connectivity index (χ0n) is 18.0. The van der Waals surface area contributed by atoms with Crippen molar-refractivity contribution in [2.75, 3.05) is 6.54 Å². The highest BCUT2D eigenvalue weighted by Gasteiger charge is 2.34. The monoisotopic (exact) mass is 430 g/mol. The van der Waals surface area contributed by atoms with E-state index in [-0.39, 0.29) is 23.8 Å². The predicted octanol–water partition coefficient (Wildman–Crippen LogP) is 4.29. The van der Waals surface area contributed by atoms with Gasteiger partial charge in [0, 0.05) is 17.7 Å². The smallest absolute Gasteiger partial charge is 0.338 e. The molecule has 0 unspecified atom stereocenters. The van der Waals surface area contributed by atoms with E-state index >= 15 is 0 Å². The molecule has 0 radical (unpaired) electrons. The van der Waals surface area contributed by atoms with Gasteiger partial charge in [0.2, 0.25) is 0 Å². The van der Waals surface area contributed by atoms with E-state index < -0.39 is 17.8 Å². The van der Waals surface area contributed by atoms with E-state index in [1.54, 1.807) is 57.2 Å². The summed E-state index contributed by atoms with van der Waals surface area (Å²) in [4.78, 5) is 38.2. The molecule has 1 aromatic carbocycles. The first kappa shape index (κ1) is 22.5. The molecule has 0 atom stereocenters. The molecule has 3 rings (SSSR count). The molecule has 1 aromatic heterocycles. The zero-order valence-corrected chi connectivity index (χ0v) is 18.0. The SMILES string of the molecule is C=CCN1C(=O)C(C#N)=C(C)/C(=C\c2ccc(-c3ccc(C(=O)OC(C)C)cc3)o2)C1=O. The second kappa shape index (κ2) is 9.31. The first-order chi connectivity index (χ1) is 15.3. The third-order valence-electron chi connectivity index (χ3n) is 4.80. The van der Waals surface area contributed by atoms with Gasteiger partial charge < -0.3 is 9.15 Å². The van der Waals surface area contributed by atoms with Gasteiger partial charge in [0.25, 0.3) is 11.8 Å². The normalized spacial score (nSPS) is 15.3. The van der Waals surface area contributed by atoms with Gasteiger partial charge in [-0.25, -0.2) is 4.79 Å². The van der Waals surface area contributed by atoms with Crippen LogP contribution in [0, 0.1) is 11.3 Å². The number of nitrogens with zero attached hydrogens (tertiary/aromatic N) is 2. The minimum Gasteiger partial charge on any atom is -0.459 e. The molecule has 0 fully saturated rings. The molecule has 0 aliphatic carbocycles. The van der Waals surface area contributed by atoms with Crippen molar-refractivity contribution in [1.29, 1.82) is 5.26 Å². The molecule has 1 aliphatic rings. The molecule has 162 valence electrons. The van der Waals surface area contributed by atoms with Crippen LogP contribution in [0.25, 0.3) is 17.4 Å². The number of esters is 1. The van der Waals surface area contributed by atoms with Crippen LogP contribution < -0.4 is 0 Å². The molecular weight excluding hydrogens is 408 g/mol. The summed E-state index contributed by atoms with van der Waals surface area (Å²) in [7, 11) is 0. The van der Waals surface area contributed by atoms with Gasteiger partial charge >= 0.3 is 5.97 Å². The van der Waals surface area contributed by atoms with Crippen LogP contribution in [0.4, 0.5) is 0 Å². The van der Waals surface area contributed by atoms with E-state index in [1.807, 2.05) is 6.07 Å². The summed E-state index contributed by atoms with van der Waals surface area (Å²) >= 11 is 0. The predicted molar refractivity (Wildman–Crippen MR) is 118 cm³/mol. The highest BCUT2D eigenvalue weighted by molar-refractivity contribution is 6.19. The van der Waals surface area contributed by atoms with Gasteiger partial charge in [-0.2, -0.15) is 5.26 Å². The maximum absolute atomic E-state index is 12.8. The summed E-state index contributed by atoms with van der Waals surface area (Å²) in [5.74, 6) is -0.636. The van der Waals surface area contributed by atoms with Crippen LogP contribution in [0.2, 0.25) is 0 Å². The highest BCUT2D eigenvalue weighted by atomic mass is 16.5. The van der Waals surface area contributed by atoms with Gasteiger partial charge in [0.15, 0.2) is 0 Å². The third-order valence-corrected chi connectivity index (χ3v) is 4.80. The minimum absolute atomic E-state index is 0.00244. The van der Waals surface area contributed by atoms with Crippen molar-refractivity contribution in [2.45, 2.75) is 26.9 Å². The van der Waals surface area contributed by atoms with E-state index in [9.17, 15) is 19.6 Å². The number of furan rings is 1. The summed E-state index contributed by atoms with van der Waals surface area (Å²) in [6.07, 6.45) is 2.73. The number of benzene rings is 1. The summed E-state index contributed by atoms with van der Waals surface area (Å²) in [5.41, 5.74) is 1.58. The Morgan fingerprint density at radius 3 is 2.47 bits per heavy atom. The summed E-state index contributed by atoms with van der Waals surface area (Å²) in [5, 5.41) is 9.37. The summed E-state index contributed by atoms with van der Waals surface area (Å²) in [6.45, 7) is 8.69. The maximum Gasteiger partial charge on any atom is 0.338 e. The number of amides is 2. The van der Waals surface area contributed by atoms with E-state index in [0.29, 0.717) is 22.7 Å². The summed E-state index contributed by atoms with van der Waals surface area (Å²) in [6, 6.07) is 12.1. The average molecular weight is 430 g/mol. The lowest BCUT2D eigenvalue weighted by molar-refractivity contribution is -0.139. The molecule has 2 amide bonds.